The lowest BCUT2D eigenvalue weighted by Crippen LogP contribution is -2.37. The standard InChI is InChI=1S/C19H22N2/c1-19(2)16-11-7-8-12-17(16)21(3)18(19)13-14-20-15-9-5-4-6-10-15/h4-14,18,20H,1-3H3. The molecule has 1 atom stereocenters. The van der Waals surface area contributed by atoms with Gasteiger partial charge in [0.25, 0.3) is 0 Å². The van der Waals surface area contributed by atoms with Crippen LogP contribution in [-0.4, -0.2) is 13.1 Å². The molecule has 2 aromatic carbocycles. The molecule has 1 N–H and O–H groups in total. The molecule has 1 aliphatic heterocycles. The third kappa shape index (κ3) is 2.42. The van der Waals surface area contributed by atoms with Crippen molar-refractivity contribution in [2.75, 3.05) is 17.3 Å². The Balaban J connectivity index is 1.81. The molecule has 3 rings (SSSR count). The molecule has 0 fully saturated rings. The number of benzene rings is 2. The van der Waals surface area contributed by atoms with Gasteiger partial charge in [-0.3, -0.25) is 0 Å². The first-order valence-electron chi connectivity index (χ1n) is 7.41. The Morgan fingerprint density at radius 3 is 2.38 bits per heavy atom. The first kappa shape index (κ1) is 13.7. The minimum absolute atomic E-state index is 0.111. The largest absolute Gasteiger partial charge is 0.367 e. The van der Waals surface area contributed by atoms with Crippen LogP contribution in [0.2, 0.25) is 0 Å². The van der Waals surface area contributed by atoms with Crippen molar-refractivity contribution in [3.63, 3.8) is 0 Å². The third-order valence-electron chi connectivity index (χ3n) is 4.44. The van der Waals surface area contributed by atoms with Gasteiger partial charge in [0.15, 0.2) is 0 Å². The molecule has 1 aliphatic rings. The van der Waals surface area contributed by atoms with Gasteiger partial charge in [0.2, 0.25) is 0 Å². The van der Waals surface area contributed by atoms with Crippen LogP contribution < -0.4 is 10.2 Å². The average molecular weight is 278 g/mol. The fourth-order valence-electron chi connectivity index (χ4n) is 3.26. The van der Waals surface area contributed by atoms with E-state index in [4.69, 9.17) is 0 Å². The molecule has 0 amide bonds. The van der Waals surface area contributed by atoms with E-state index in [-0.39, 0.29) is 5.41 Å². The van der Waals surface area contributed by atoms with Crippen molar-refractivity contribution in [1.82, 2.24) is 0 Å². The maximum atomic E-state index is 3.35. The average Bonchev–Trinajstić information content (AvgIpc) is 2.70. The zero-order valence-corrected chi connectivity index (χ0v) is 12.9. The van der Waals surface area contributed by atoms with Crippen molar-refractivity contribution in [2.24, 2.45) is 0 Å². The van der Waals surface area contributed by atoms with Gasteiger partial charge in [-0.25, -0.2) is 0 Å². The molecule has 1 heterocycles. The smallest absolute Gasteiger partial charge is 0.0579 e. The van der Waals surface area contributed by atoms with Crippen molar-refractivity contribution in [3.05, 3.63) is 72.4 Å². The number of anilines is 2. The quantitative estimate of drug-likeness (QED) is 0.894. The monoisotopic (exact) mass is 278 g/mol. The molecule has 0 aliphatic carbocycles. The van der Waals surface area contributed by atoms with Gasteiger partial charge in [0.1, 0.15) is 0 Å². The highest BCUT2D eigenvalue weighted by molar-refractivity contribution is 5.64. The molecule has 108 valence electrons. The topological polar surface area (TPSA) is 15.3 Å². The van der Waals surface area contributed by atoms with E-state index in [9.17, 15) is 0 Å². The van der Waals surface area contributed by atoms with Crippen LogP contribution in [0.5, 0.6) is 0 Å². The van der Waals surface area contributed by atoms with E-state index in [1.807, 2.05) is 18.2 Å². The Labute approximate surface area is 127 Å². The van der Waals surface area contributed by atoms with E-state index in [2.05, 4.69) is 79.8 Å². The summed E-state index contributed by atoms with van der Waals surface area (Å²) in [5.74, 6) is 0. The number of nitrogens with one attached hydrogen (secondary N) is 1. The van der Waals surface area contributed by atoms with Crippen LogP contribution in [-0.2, 0) is 5.41 Å². The maximum Gasteiger partial charge on any atom is 0.0579 e. The Hall–Kier alpha value is -2.22. The van der Waals surface area contributed by atoms with Gasteiger partial charge in [0, 0.05) is 23.8 Å². The predicted molar refractivity (Wildman–Crippen MR) is 90.9 cm³/mol. The normalized spacial score (nSPS) is 19.8. The summed E-state index contributed by atoms with van der Waals surface area (Å²) in [6, 6.07) is 19.3. The summed E-state index contributed by atoms with van der Waals surface area (Å²) >= 11 is 0. The number of rotatable bonds is 3. The molecule has 0 saturated heterocycles. The van der Waals surface area contributed by atoms with Crippen molar-refractivity contribution < 1.29 is 0 Å². The SMILES string of the molecule is CN1c2ccccc2C(C)(C)C1C=CNc1ccccc1. The first-order chi connectivity index (χ1) is 10.1. The summed E-state index contributed by atoms with van der Waals surface area (Å²) in [6.45, 7) is 4.62. The second-order valence-corrected chi connectivity index (χ2v) is 6.16. The second kappa shape index (κ2) is 5.28. The Morgan fingerprint density at radius 2 is 1.67 bits per heavy atom. The second-order valence-electron chi connectivity index (χ2n) is 6.16. The molecule has 1 unspecified atom stereocenters. The van der Waals surface area contributed by atoms with Crippen molar-refractivity contribution in [3.8, 4) is 0 Å². The molecule has 2 aromatic rings. The summed E-state index contributed by atoms with van der Waals surface area (Å²) in [5, 5.41) is 3.35. The molecule has 0 saturated carbocycles. The van der Waals surface area contributed by atoms with Crippen LogP contribution in [0, 0.1) is 0 Å². The summed E-state index contributed by atoms with van der Waals surface area (Å²) in [6.07, 6.45) is 4.32. The fraction of sp³-hybridized carbons (Fsp3) is 0.263. The lowest BCUT2D eigenvalue weighted by atomic mass is 9.80. The fourth-order valence-corrected chi connectivity index (χ4v) is 3.26. The van der Waals surface area contributed by atoms with Crippen molar-refractivity contribution in [1.29, 1.82) is 0 Å². The van der Waals surface area contributed by atoms with Gasteiger partial charge in [0.05, 0.1) is 6.04 Å². The highest BCUT2D eigenvalue weighted by Crippen LogP contribution is 2.44. The lowest BCUT2D eigenvalue weighted by molar-refractivity contribution is 0.487. The molecular weight excluding hydrogens is 256 g/mol. The number of para-hydroxylation sites is 2. The van der Waals surface area contributed by atoms with E-state index in [1.54, 1.807) is 0 Å². The first-order valence-corrected chi connectivity index (χ1v) is 7.41. The number of hydrogen-bond acceptors (Lipinski definition) is 2. The van der Waals surface area contributed by atoms with Gasteiger partial charge in [-0.1, -0.05) is 50.2 Å². The van der Waals surface area contributed by atoms with Crippen LogP contribution >= 0.6 is 0 Å². The lowest BCUT2D eigenvalue weighted by Gasteiger charge is -2.29. The molecular formula is C19H22N2. The Kier molecular flexibility index (Phi) is 3.46. The molecule has 2 nitrogen and oxygen atoms in total. The predicted octanol–water partition coefficient (Wildman–Crippen LogP) is 4.41. The molecule has 0 bridgehead atoms. The summed E-state index contributed by atoms with van der Waals surface area (Å²) in [7, 11) is 2.17. The number of likely N-dealkylation sites (N-methyl/N-ethyl adjacent to an activating group) is 1. The molecule has 2 heteroatoms. The highest BCUT2D eigenvalue weighted by Gasteiger charge is 2.41. The molecule has 21 heavy (non-hydrogen) atoms. The molecule has 0 spiro atoms. The molecule has 0 aromatic heterocycles. The summed E-state index contributed by atoms with van der Waals surface area (Å²) in [4.78, 5) is 2.36. The molecule has 0 radical (unpaired) electrons. The van der Waals surface area contributed by atoms with E-state index >= 15 is 0 Å². The van der Waals surface area contributed by atoms with E-state index in [0.29, 0.717) is 6.04 Å². The Morgan fingerprint density at radius 1 is 1.00 bits per heavy atom. The van der Waals surface area contributed by atoms with Gasteiger partial charge >= 0.3 is 0 Å². The third-order valence-corrected chi connectivity index (χ3v) is 4.44. The highest BCUT2D eigenvalue weighted by atomic mass is 15.2. The number of hydrogen-bond donors (Lipinski definition) is 1. The van der Waals surface area contributed by atoms with Crippen LogP contribution in [0.15, 0.2) is 66.9 Å². The summed E-state index contributed by atoms with van der Waals surface area (Å²) in [5.41, 5.74) is 3.98. The minimum atomic E-state index is 0.111. The van der Waals surface area contributed by atoms with Gasteiger partial charge in [-0.15, -0.1) is 0 Å². The maximum absolute atomic E-state index is 3.35. The van der Waals surface area contributed by atoms with Gasteiger partial charge in [-0.2, -0.15) is 0 Å². The van der Waals surface area contributed by atoms with Crippen LogP contribution in [0.3, 0.4) is 0 Å². The van der Waals surface area contributed by atoms with Crippen LogP contribution in [0.4, 0.5) is 11.4 Å². The van der Waals surface area contributed by atoms with Crippen molar-refractivity contribution >= 4 is 11.4 Å². The van der Waals surface area contributed by atoms with E-state index < -0.39 is 0 Å². The summed E-state index contributed by atoms with van der Waals surface area (Å²) < 4.78 is 0. The zero-order valence-electron chi connectivity index (χ0n) is 12.9. The zero-order chi connectivity index (χ0) is 14.9. The van der Waals surface area contributed by atoms with Crippen molar-refractivity contribution in [2.45, 2.75) is 25.3 Å². The number of nitrogens with zero attached hydrogens (tertiary/aromatic N) is 1. The van der Waals surface area contributed by atoms with Gasteiger partial charge in [-0.05, 0) is 36.0 Å². The van der Waals surface area contributed by atoms with Crippen LogP contribution in [0.25, 0.3) is 0 Å². The Bertz CT molecular complexity index is 644. The van der Waals surface area contributed by atoms with Gasteiger partial charge < -0.3 is 10.2 Å². The van der Waals surface area contributed by atoms with E-state index in [0.717, 1.165) is 5.69 Å². The minimum Gasteiger partial charge on any atom is -0.367 e. The van der Waals surface area contributed by atoms with Crippen LogP contribution in [0.1, 0.15) is 19.4 Å². The number of fused-ring (bicyclic) bond motifs is 1. The van der Waals surface area contributed by atoms with E-state index in [1.165, 1.54) is 11.3 Å².